The Bertz CT molecular complexity index is 530. The van der Waals surface area contributed by atoms with Crippen LogP contribution in [0.1, 0.15) is 24.4 Å². The van der Waals surface area contributed by atoms with Gasteiger partial charge in [0.2, 0.25) is 0 Å². The lowest BCUT2D eigenvalue weighted by atomic mass is 10.1. The summed E-state index contributed by atoms with van der Waals surface area (Å²) in [6.45, 7) is 1.73. The van der Waals surface area contributed by atoms with Crippen LogP contribution in [0, 0.1) is 5.92 Å². The van der Waals surface area contributed by atoms with E-state index in [1.165, 1.54) is 12.8 Å². The van der Waals surface area contributed by atoms with Gasteiger partial charge in [-0.15, -0.1) is 0 Å². The van der Waals surface area contributed by atoms with Gasteiger partial charge in [0.05, 0.1) is 4.47 Å². The normalized spacial score (nSPS) is 18.6. The number of carboxylic acid groups (broad SMARTS) is 1. The molecule has 1 aromatic rings. The molecule has 0 radical (unpaired) electrons. The largest absolute Gasteiger partial charge is 0.486 e. The molecule has 0 saturated heterocycles. The fourth-order valence-electron chi connectivity index (χ4n) is 2.25. The molecule has 1 heterocycles. The number of carbonyl (C=O) groups is 1. The molecule has 1 fully saturated rings. The summed E-state index contributed by atoms with van der Waals surface area (Å²) in [6, 6.07) is 2.81. The molecule has 1 atom stereocenters. The molecule has 3 rings (SSSR count). The fourth-order valence-corrected chi connectivity index (χ4v) is 2.83. The van der Waals surface area contributed by atoms with E-state index < -0.39 is 12.0 Å². The number of carboxylic acids is 1. The number of rotatable bonds is 5. The second-order valence-electron chi connectivity index (χ2n) is 5.15. The van der Waals surface area contributed by atoms with Crippen LogP contribution in [0.15, 0.2) is 16.6 Å². The second-order valence-corrected chi connectivity index (χ2v) is 6.00. The number of nitrogens with one attached hydrogen (secondary N) is 1. The molecule has 1 aliphatic heterocycles. The standard InChI is InChI=1S/C14H16BrNO4/c15-10-5-9(6-11-13(10)20-4-3-19-11)12(14(17)18)16-7-8-1-2-8/h5-6,8,12,16H,1-4,7H2,(H,17,18). The Hall–Kier alpha value is -1.27. The van der Waals surface area contributed by atoms with Gasteiger partial charge in [-0.25, -0.2) is 0 Å². The van der Waals surface area contributed by atoms with Gasteiger partial charge in [-0.1, -0.05) is 0 Å². The van der Waals surface area contributed by atoms with Crippen LogP contribution in [0.25, 0.3) is 0 Å². The zero-order valence-electron chi connectivity index (χ0n) is 10.9. The van der Waals surface area contributed by atoms with Crippen LogP contribution in [-0.4, -0.2) is 30.8 Å². The van der Waals surface area contributed by atoms with Crippen molar-refractivity contribution in [2.75, 3.05) is 19.8 Å². The minimum absolute atomic E-state index is 0.482. The molecule has 2 aliphatic rings. The van der Waals surface area contributed by atoms with Crippen LogP contribution in [0.3, 0.4) is 0 Å². The summed E-state index contributed by atoms with van der Waals surface area (Å²) >= 11 is 3.42. The number of hydrogen-bond donors (Lipinski definition) is 2. The quantitative estimate of drug-likeness (QED) is 0.860. The van der Waals surface area contributed by atoms with Crippen molar-refractivity contribution >= 4 is 21.9 Å². The van der Waals surface area contributed by atoms with E-state index in [4.69, 9.17) is 9.47 Å². The Kier molecular flexibility index (Phi) is 3.85. The molecular formula is C14H16BrNO4. The monoisotopic (exact) mass is 341 g/mol. The van der Waals surface area contributed by atoms with Gasteiger partial charge in [0.1, 0.15) is 19.3 Å². The molecule has 108 valence electrons. The van der Waals surface area contributed by atoms with Gasteiger partial charge in [0.25, 0.3) is 0 Å². The molecule has 1 saturated carbocycles. The Morgan fingerprint density at radius 2 is 2.15 bits per heavy atom. The Morgan fingerprint density at radius 3 is 2.85 bits per heavy atom. The van der Waals surface area contributed by atoms with Gasteiger partial charge in [-0.3, -0.25) is 4.79 Å². The Balaban J connectivity index is 1.85. The molecule has 1 unspecified atom stereocenters. The van der Waals surface area contributed by atoms with Crippen molar-refractivity contribution in [1.29, 1.82) is 0 Å². The molecule has 6 heteroatoms. The lowest BCUT2D eigenvalue weighted by Crippen LogP contribution is -2.30. The summed E-state index contributed by atoms with van der Waals surface area (Å²) in [5.74, 6) is 0.984. The zero-order chi connectivity index (χ0) is 14.1. The van der Waals surface area contributed by atoms with Crippen LogP contribution in [0.2, 0.25) is 0 Å². The van der Waals surface area contributed by atoms with Crippen LogP contribution < -0.4 is 14.8 Å². The molecule has 0 spiro atoms. The van der Waals surface area contributed by atoms with E-state index in [0.29, 0.717) is 36.2 Å². The minimum Gasteiger partial charge on any atom is -0.486 e. The highest BCUT2D eigenvalue weighted by molar-refractivity contribution is 9.10. The Labute approximate surface area is 125 Å². The van der Waals surface area contributed by atoms with Crippen molar-refractivity contribution in [1.82, 2.24) is 5.32 Å². The third-order valence-corrected chi connectivity index (χ3v) is 4.10. The first kappa shape index (κ1) is 13.7. The summed E-state index contributed by atoms with van der Waals surface area (Å²) in [6.07, 6.45) is 2.37. The van der Waals surface area contributed by atoms with E-state index in [1.807, 2.05) is 0 Å². The molecule has 1 aliphatic carbocycles. The van der Waals surface area contributed by atoms with Crippen LogP contribution in [-0.2, 0) is 4.79 Å². The van der Waals surface area contributed by atoms with Gasteiger partial charge in [0, 0.05) is 0 Å². The summed E-state index contributed by atoms with van der Waals surface area (Å²) in [5, 5.41) is 12.5. The lowest BCUT2D eigenvalue weighted by Gasteiger charge is -2.22. The van der Waals surface area contributed by atoms with E-state index in [9.17, 15) is 9.90 Å². The van der Waals surface area contributed by atoms with Gasteiger partial charge >= 0.3 is 5.97 Å². The summed E-state index contributed by atoms with van der Waals surface area (Å²) < 4.78 is 11.8. The van der Waals surface area contributed by atoms with E-state index in [0.717, 1.165) is 11.0 Å². The highest BCUT2D eigenvalue weighted by Gasteiger charge is 2.27. The van der Waals surface area contributed by atoms with E-state index in [-0.39, 0.29) is 0 Å². The molecule has 20 heavy (non-hydrogen) atoms. The smallest absolute Gasteiger partial charge is 0.325 e. The first-order valence-corrected chi connectivity index (χ1v) is 7.49. The predicted molar refractivity (Wildman–Crippen MR) is 76.2 cm³/mol. The number of hydrogen-bond acceptors (Lipinski definition) is 4. The van der Waals surface area contributed by atoms with Crippen molar-refractivity contribution in [3.63, 3.8) is 0 Å². The zero-order valence-corrected chi connectivity index (χ0v) is 12.5. The van der Waals surface area contributed by atoms with Gasteiger partial charge in [-0.05, 0) is 58.9 Å². The molecule has 0 aromatic heterocycles. The minimum atomic E-state index is -0.880. The maximum Gasteiger partial charge on any atom is 0.325 e. The average Bonchev–Trinajstić information content (AvgIpc) is 3.23. The van der Waals surface area contributed by atoms with Crippen LogP contribution >= 0.6 is 15.9 Å². The van der Waals surface area contributed by atoms with Gasteiger partial charge in [-0.2, -0.15) is 0 Å². The van der Waals surface area contributed by atoms with Crippen molar-refractivity contribution in [2.24, 2.45) is 5.92 Å². The molecule has 5 nitrogen and oxygen atoms in total. The SMILES string of the molecule is O=C(O)C(NCC1CC1)c1cc(Br)c2c(c1)OCCO2. The van der Waals surface area contributed by atoms with Crippen LogP contribution in [0.5, 0.6) is 11.5 Å². The molecule has 2 N–H and O–H groups in total. The number of halogens is 1. The highest BCUT2D eigenvalue weighted by atomic mass is 79.9. The Morgan fingerprint density at radius 1 is 1.40 bits per heavy atom. The highest BCUT2D eigenvalue weighted by Crippen LogP contribution is 2.40. The second kappa shape index (κ2) is 5.61. The number of benzene rings is 1. The van der Waals surface area contributed by atoms with Crippen LogP contribution in [0.4, 0.5) is 0 Å². The predicted octanol–water partition coefficient (Wildman–Crippen LogP) is 2.35. The number of ether oxygens (including phenoxy) is 2. The number of fused-ring (bicyclic) bond motifs is 1. The summed E-state index contributed by atoms with van der Waals surface area (Å²) in [5.41, 5.74) is 0.675. The maximum absolute atomic E-state index is 11.5. The third kappa shape index (κ3) is 2.91. The van der Waals surface area contributed by atoms with E-state index in [2.05, 4.69) is 21.2 Å². The molecule has 0 amide bonds. The van der Waals surface area contributed by atoms with Crippen molar-refractivity contribution in [3.05, 3.63) is 22.2 Å². The summed E-state index contributed by atoms with van der Waals surface area (Å²) in [7, 11) is 0. The van der Waals surface area contributed by atoms with Crippen molar-refractivity contribution in [2.45, 2.75) is 18.9 Å². The van der Waals surface area contributed by atoms with Gasteiger partial charge in [0.15, 0.2) is 11.5 Å². The van der Waals surface area contributed by atoms with Gasteiger partial charge < -0.3 is 19.9 Å². The lowest BCUT2D eigenvalue weighted by molar-refractivity contribution is -0.139. The molecule has 1 aromatic carbocycles. The number of aliphatic carboxylic acids is 1. The van der Waals surface area contributed by atoms with Crippen molar-refractivity contribution < 1.29 is 19.4 Å². The third-order valence-electron chi connectivity index (χ3n) is 3.51. The molecule has 0 bridgehead atoms. The van der Waals surface area contributed by atoms with Crippen molar-refractivity contribution in [3.8, 4) is 11.5 Å². The topological polar surface area (TPSA) is 67.8 Å². The summed E-state index contributed by atoms with van der Waals surface area (Å²) in [4.78, 5) is 11.5. The average molecular weight is 342 g/mol. The first-order valence-electron chi connectivity index (χ1n) is 6.70. The van der Waals surface area contributed by atoms with E-state index in [1.54, 1.807) is 12.1 Å². The van der Waals surface area contributed by atoms with E-state index >= 15 is 0 Å². The maximum atomic E-state index is 11.5. The fraction of sp³-hybridized carbons (Fsp3) is 0.500. The molecular weight excluding hydrogens is 326 g/mol. The first-order chi connectivity index (χ1) is 9.65.